The lowest BCUT2D eigenvalue weighted by atomic mass is 10.1. The molecule has 2 saturated heterocycles. The van der Waals surface area contributed by atoms with Crippen molar-refractivity contribution >= 4 is 22.2 Å². The number of hydrogen-bond donors (Lipinski definition) is 0. The van der Waals surface area contributed by atoms with Crippen molar-refractivity contribution in [1.29, 1.82) is 0 Å². The van der Waals surface area contributed by atoms with Crippen LogP contribution in [0.3, 0.4) is 0 Å². The molecular formula is C20H30N4O2S. The average Bonchev–Trinajstić information content (AvgIpc) is 3.30. The Morgan fingerprint density at radius 2 is 2.15 bits per heavy atom. The smallest absolute Gasteiger partial charge is 0.274 e. The highest BCUT2D eigenvalue weighted by molar-refractivity contribution is 7.15. The Balaban J connectivity index is 1.46. The van der Waals surface area contributed by atoms with Crippen LogP contribution in [0.15, 0.2) is 11.6 Å². The average molecular weight is 391 g/mol. The lowest BCUT2D eigenvalue weighted by Gasteiger charge is -2.27. The maximum absolute atomic E-state index is 13.1. The predicted octanol–water partition coefficient (Wildman–Crippen LogP) is 3.41. The number of fused-ring (bicyclic) bond motifs is 1. The summed E-state index contributed by atoms with van der Waals surface area (Å²) in [5.74, 6) is 0.101. The Bertz CT molecular complexity index is 759. The molecule has 2 aliphatic heterocycles. The third-order valence-corrected chi connectivity index (χ3v) is 6.49. The quantitative estimate of drug-likeness (QED) is 0.758. The molecule has 0 radical (unpaired) electrons. The van der Waals surface area contributed by atoms with Gasteiger partial charge in [-0.3, -0.25) is 9.20 Å². The molecule has 7 heteroatoms. The summed E-state index contributed by atoms with van der Waals surface area (Å²) in [5.41, 5.74) is 1.67. The molecule has 2 aliphatic rings. The van der Waals surface area contributed by atoms with Gasteiger partial charge in [-0.05, 0) is 52.0 Å². The van der Waals surface area contributed by atoms with Crippen LogP contribution in [-0.2, 0) is 11.3 Å². The summed E-state index contributed by atoms with van der Waals surface area (Å²) in [4.78, 5) is 23.0. The van der Waals surface area contributed by atoms with Crippen molar-refractivity contribution in [1.82, 2.24) is 19.2 Å². The van der Waals surface area contributed by atoms with Crippen molar-refractivity contribution in [3.8, 4) is 0 Å². The number of carbonyl (C=O) groups excluding carboxylic acids is 1. The molecule has 0 aromatic carbocycles. The Kier molecular flexibility index (Phi) is 6.10. The van der Waals surface area contributed by atoms with Crippen molar-refractivity contribution in [2.45, 2.75) is 57.6 Å². The first-order valence-electron chi connectivity index (χ1n) is 10.3. The first-order chi connectivity index (χ1) is 13.2. The SMILES string of the molecule is CN(CCC1CCCCO1)Cc1c(C(=O)N2CCCCC2)nc2sccn12. The number of aromatic nitrogens is 2. The lowest BCUT2D eigenvalue weighted by molar-refractivity contribution is 0.00633. The highest BCUT2D eigenvalue weighted by atomic mass is 32.1. The van der Waals surface area contributed by atoms with Crippen molar-refractivity contribution in [2.75, 3.05) is 33.3 Å². The van der Waals surface area contributed by atoms with Crippen LogP contribution >= 0.6 is 11.3 Å². The fourth-order valence-electron chi connectivity index (χ4n) is 4.14. The fourth-order valence-corrected chi connectivity index (χ4v) is 4.87. The summed E-state index contributed by atoms with van der Waals surface area (Å²) in [6.07, 6.45) is 10.6. The Labute approximate surface area is 165 Å². The van der Waals surface area contributed by atoms with E-state index in [9.17, 15) is 4.79 Å². The molecule has 2 aromatic heterocycles. The molecule has 0 aliphatic carbocycles. The molecule has 4 heterocycles. The minimum atomic E-state index is 0.101. The topological polar surface area (TPSA) is 50.1 Å². The van der Waals surface area contributed by atoms with Crippen LogP contribution in [0, 0.1) is 0 Å². The zero-order chi connectivity index (χ0) is 18.6. The minimum Gasteiger partial charge on any atom is -0.378 e. The second-order valence-electron chi connectivity index (χ2n) is 7.83. The Morgan fingerprint density at radius 3 is 2.93 bits per heavy atom. The van der Waals surface area contributed by atoms with Gasteiger partial charge in [0.25, 0.3) is 5.91 Å². The minimum absolute atomic E-state index is 0.101. The number of rotatable bonds is 6. The number of nitrogens with zero attached hydrogens (tertiary/aromatic N) is 4. The molecule has 4 rings (SSSR count). The van der Waals surface area contributed by atoms with E-state index in [0.717, 1.165) is 62.7 Å². The number of ether oxygens (including phenoxy) is 1. The van der Waals surface area contributed by atoms with Gasteiger partial charge >= 0.3 is 0 Å². The van der Waals surface area contributed by atoms with E-state index in [-0.39, 0.29) is 5.91 Å². The summed E-state index contributed by atoms with van der Waals surface area (Å²) in [6, 6.07) is 0. The molecule has 2 aromatic rings. The Morgan fingerprint density at radius 1 is 1.30 bits per heavy atom. The molecule has 27 heavy (non-hydrogen) atoms. The van der Waals surface area contributed by atoms with Crippen LogP contribution in [0.5, 0.6) is 0 Å². The predicted molar refractivity (Wildman–Crippen MR) is 107 cm³/mol. The van der Waals surface area contributed by atoms with Crippen LogP contribution in [0.4, 0.5) is 0 Å². The van der Waals surface area contributed by atoms with Gasteiger partial charge in [-0.2, -0.15) is 0 Å². The van der Waals surface area contributed by atoms with Crippen LogP contribution in [0.25, 0.3) is 4.96 Å². The molecule has 0 bridgehead atoms. The van der Waals surface area contributed by atoms with Crippen molar-refractivity contribution < 1.29 is 9.53 Å². The lowest BCUT2D eigenvalue weighted by Crippen LogP contribution is -2.36. The summed E-state index contributed by atoms with van der Waals surface area (Å²) in [7, 11) is 2.13. The highest BCUT2D eigenvalue weighted by Gasteiger charge is 2.26. The number of likely N-dealkylation sites (tertiary alicyclic amines) is 1. The van der Waals surface area contributed by atoms with Crippen LogP contribution in [0.2, 0.25) is 0 Å². The number of piperidine rings is 1. The van der Waals surface area contributed by atoms with E-state index in [0.29, 0.717) is 11.8 Å². The zero-order valence-corrected chi connectivity index (χ0v) is 17.0. The van der Waals surface area contributed by atoms with Gasteiger partial charge in [0.1, 0.15) is 0 Å². The monoisotopic (exact) mass is 390 g/mol. The molecule has 1 unspecified atom stereocenters. The van der Waals surface area contributed by atoms with E-state index in [4.69, 9.17) is 4.74 Å². The molecule has 1 amide bonds. The van der Waals surface area contributed by atoms with Gasteiger partial charge in [-0.1, -0.05) is 0 Å². The van der Waals surface area contributed by atoms with Crippen molar-refractivity contribution in [2.24, 2.45) is 0 Å². The summed E-state index contributed by atoms with van der Waals surface area (Å²) in [6.45, 7) is 4.33. The zero-order valence-electron chi connectivity index (χ0n) is 16.2. The van der Waals surface area contributed by atoms with E-state index in [1.165, 1.54) is 25.7 Å². The molecule has 148 valence electrons. The van der Waals surface area contributed by atoms with Gasteiger partial charge < -0.3 is 14.5 Å². The second kappa shape index (κ2) is 8.71. The standard InChI is InChI=1S/C20H30N4O2S/c1-22(11-8-16-7-3-6-13-26-16)15-17-18(21-20-24(17)12-14-27-20)19(25)23-9-4-2-5-10-23/h12,14,16H,2-11,13,15H2,1H3. The summed E-state index contributed by atoms with van der Waals surface area (Å²) >= 11 is 1.59. The first-order valence-corrected chi connectivity index (χ1v) is 11.1. The van der Waals surface area contributed by atoms with Crippen LogP contribution < -0.4 is 0 Å². The maximum Gasteiger partial charge on any atom is 0.274 e. The molecule has 1 atom stereocenters. The molecule has 6 nitrogen and oxygen atoms in total. The Hall–Kier alpha value is -1.44. The highest BCUT2D eigenvalue weighted by Crippen LogP contribution is 2.22. The normalized spacial score (nSPS) is 21.3. The van der Waals surface area contributed by atoms with Crippen molar-refractivity contribution in [3.63, 3.8) is 0 Å². The number of amides is 1. The second-order valence-corrected chi connectivity index (χ2v) is 8.70. The maximum atomic E-state index is 13.1. The van der Waals surface area contributed by atoms with Gasteiger partial charge in [0.05, 0.1) is 11.8 Å². The number of thiazole rings is 1. The molecular weight excluding hydrogens is 360 g/mol. The number of hydrogen-bond acceptors (Lipinski definition) is 5. The molecule has 2 fully saturated rings. The van der Waals surface area contributed by atoms with E-state index >= 15 is 0 Å². The van der Waals surface area contributed by atoms with E-state index in [1.54, 1.807) is 11.3 Å². The summed E-state index contributed by atoms with van der Waals surface area (Å²) in [5, 5.41) is 2.04. The molecule has 0 spiro atoms. The number of imidazole rings is 1. The molecule has 0 saturated carbocycles. The van der Waals surface area contributed by atoms with Crippen LogP contribution in [-0.4, -0.2) is 64.5 Å². The third kappa shape index (κ3) is 4.36. The summed E-state index contributed by atoms with van der Waals surface area (Å²) < 4.78 is 7.95. The van der Waals surface area contributed by atoms with E-state index < -0.39 is 0 Å². The van der Waals surface area contributed by atoms with Crippen LogP contribution in [0.1, 0.15) is 61.1 Å². The fraction of sp³-hybridized carbons (Fsp3) is 0.700. The van der Waals surface area contributed by atoms with Gasteiger partial charge in [0, 0.05) is 44.4 Å². The van der Waals surface area contributed by atoms with Gasteiger partial charge in [0.15, 0.2) is 10.7 Å². The third-order valence-electron chi connectivity index (χ3n) is 5.73. The van der Waals surface area contributed by atoms with E-state index in [2.05, 4.69) is 21.3 Å². The first kappa shape index (κ1) is 18.9. The van der Waals surface area contributed by atoms with Crippen molar-refractivity contribution in [3.05, 3.63) is 23.0 Å². The number of carbonyl (C=O) groups is 1. The van der Waals surface area contributed by atoms with E-state index in [1.807, 2.05) is 16.5 Å². The largest absolute Gasteiger partial charge is 0.378 e. The van der Waals surface area contributed by atoms with Gasteiger partial charge in [-0.25, -0.2) is 4.98 Å². The van der Waals surface area contributed by atoms with Gasteiger partial charge in [0.2, 0.25) is 0 Å². The molecule has 0 N–H and O–H groups in total. The van der Waals surface area contributed by atoms with Gasteiger partial charge in [-0.15, -0.1) is 11.3 Å².